The maximum Gasteiger partial charge on any atom is 0.127 e. The van der Waals surface area contributed by atoms with Crippen LogP contribution in [0, 0.1) is 6.92 Å². The molecule has 108 valence electrons. The molecule has 0 aliphatic carbocycles. The average molecular weight is 299 g/mol. The molecular formula is C18H19ClN2. The van der Waals surface area contributed by atoms with Gasteiger partial charge in [-0.3, -0.25) is 0 Å². The number of halogens is 1. The van der Waals surface area contributed by atoms with Crippen LogP contribution in [0.5, 0.6) is 0 Å². The molecule has 3 aromatic rings. The molecule has 0 radical (unpaired) electrons. The fourth-order valence-corrected chi connectivity index (χ4v) is 2.92. The van der Waals surface area contributed by atoms with Crippen LogP contribution in [0.4, 0.5) is 0 Å². The summed E-state index contributed by atoms with van der Waals surface area (Å²) in [6.07, 6.45) is 0.990. The molecule has 0 aliphatic heterocycles. The van der Waals surface area contributed by atoms with Crippen LogP contribution in [-0.4, -0.2) is 9.55 Å². The number of rotatable bonds is 4. The number of alkyl halides is 1. The minimum atomic E-state index is -0.0886. The first-order valence-electron chi connectivity index (χ1n) is 7.30. The number of benzene rings is 2. The third-order valence-corrected chi connectivity index (χ3v) is 4.10. The Morgan fingerprint density at radius 3 is 2.57 bits per heavy atom. The molecule has 1 unspecified atom stereocenters. The molecule has 21 heavy (non-hydrogen) atoms. The smallest absolute Gasteiger partial charge is 0.127 e. The molecule has 0 aliphatic rings. The number of imidazole rings is 1. The van der Waals surface area contributed by atoms with Gasteiger partial charge in [-0.25, -0.2) is 4.98 Å². The van der Waals surface area contributed by atoms with E-state index < -0.39 is 0 Å². The van der Waals surface area contributed by atoms with Crippen LogP contribution in [0.3, 0.4) is 0 Å². The number of hydrogen-bond donors (Lipinski definition) is 0. The summed E-state index contributed by atoms with van der Waals surface area (Å²) in [6, 6.07) is 16.8. The lowest BCUT2D eigenvalue weighted by atomic mass is 10.1. The number of fused-ring (bicyclic) bond motifs is 1. The van der Waals surface area contributed by atoms with E-state index in [-0.39, 0.29) is 5.38 Å². The van der Waals surface area contributed by atoms with Crippen molar-refractivity contribution in [3.05, 3.63) is 65.5 Å². The highest BCUT2D eigenvalue weighted by atomic mass is 35.5. The maximum atomic E-state index is 6.31. The van der Waals surface area contributed by atoms with Crippen LogP contribution >= 0.6 is 11.6 Å². The number of para-hydroxylation sites is 2. The van der Waals surface area contributed by atoms with E-state index >= 15 is 0 Å². The van der Waals surface area contributed by atoms with Gasteiger partial charge in [0.15, 0.2) is 0 Å². The largest absolute Gasteiger partial charge is 0.326 e. The van der Waals surface area contributed by atoms with Crippen LogP contribution in [0.25, 0.3) is 11.0 Å². The molecule has 0 fully saturated rings. The summed E-state index contributed by atoms with van der Waals surface area (Å²) < 4.78 is 2.25. The molecule has 0 N–H and O–H groups in total. The highest BCUT2D eigenvalue weighted by Gasteiger charge is 2.14. The number of hydrogen-bond acceptors (Lipinski definition) is 1. The topological polar surface area (TPSA) is 17.8 Å². The Labute approximate surface area is 130 Å². The molecular weight excluding hydrogens is 280 g/mol. The maximum absolute atomic E-state index is 6.31. The molecule has 0 bridgehead atoms. The third kappa shape index (κ3) is 2.81. The van der Waals surface area contributed by atoms with E-state index in [1.165, 1.54) is 11.1 Å². The number of aromatic nitrogens is 2. The Morgan fingerprint density at radius 2 is 1.81 bits per heavy atom. The first-order valence-corrected chi connectivity index (χ1v) is 7.74. The SMILES string of the molecule is Cc1ccccc1CCn1c(C(C)Cl)nc2ccccc21. The van der Waals surface area contributed by atoms with Gasteiger partial charge in [0.25, 0.3) is 0 Å². The Morgan fingerprint density at radius 1 is 1.10 bits per heavy atom. The van der Waals surface area contributed by atoms with Gasteiger partial charge in [0.1, 0.15) is 5.82 Å². The van der Waals surface area contributed by atoms with Crippen molar-refractivity contribution >= 4 is 22.6 Å². The van der Waals surface area contributed by atoms with Crippen molar-refractivity contribution in [3.8, 4) is 0 Å². The first kappa shape index (κ1) is 14.2. The Balaban J connectivity index is 1.96. The van der Waals surface area contributed by atoms with E-state index in [1.807, 2.05) is 19.1 Å². The fraction of sp³-hybridized carbons (Fsp3) is 0.278. The van der Waals surface area contributed by atoms with Crippen LogP contribution in [-0.2, 0) is 13.0 Å². The third-order valence-electron chi connectivity index (χ3n) is 3.91. The van der Waals surface area contributed by atoms with Crippen molar-refractivity contribution < 1.29 is 0 Å². The predicted molar refractivity (Wildman–Crippen MR) is 88.9 cm³/mol. The molecule has 1 aromatic heterocycles. The highest BCUT2D eigenvalue weighted by Crippen LogP contribution is 2.25. The second-order valence-corrected chi connectivity index (χ2v) is 6.06. The lowest BCUT2D eigenvalue weighted by molar-refractivity contribution is 0.666. The van der Waals surface area contributed by atoms with Crippen molar-refractivity contribution in [2.75, 3.05) is 0 Å². The first-order chi connectivity index (χ1) is 10.2. The van der Waals surface area contributed by atoms with Gasteiger partial charge in [-0.15, -0.1) is 11.6 Å². The van der Waals surface area contributed by atoms with Crippen molar-refractivity contribution in [1.29, 1.82) is 0 Å². The summed E-state index contributed by atoms with van der Waals surface area (Å²) in [7, 11) is 0. The van der Waals surface area contributed by atoms with Gasteiger partial charge in [-0.1, -0.05) is 36.4 Å². The quantitative estimate of drug-likeness (QED) is 0.627. The van der Waals surface area contributed by atoms with Crippen molar-refractivity contribution in [3.63, 3.8) is 0 Å². The van der Waals surface area contributed by atoms with Crippen LogP contribution in [0.15, 0.2) is 48.5 Å². The van der Waals surface area contributed by atoms with E-state index in [9.17, 15) is 0 Å². The number of aryl methyl sites for hydroxylation is 3. The highest BCUT2D eigenvalue weighted by molar-refractivity contribution is 6.20. The summed E-state index contributed by atoms with van der Waals surface area (Å²) in [6.45, 7) is 5.04. The van der Waals surface area contributed by atoms with Crippen molar-refractivity contribution in [2.24, 2.45) is 0 Å². The van der Waals surface area contributed by atoms with E-state index in [2.05, 4.69) is 52.9 Å². The zero-order valence-electron chi connectivity index (χ0n) is 12.4. The van der Waals surface area contributed by atoms with Gasteiger partial charge in [-0.05, 0) is 43.5 Å². The summed E-state index contributed by atoms with van der Waals surface area (Å²) in [4.78, 5) is 4.68. The van der Waals surface area contributed by atoms with Crippen molar-refractivity contribution in [2.45, 2.75) is 32.2 Å². The molecule has 2 aromatic carbocycles. The minimum Gasteiger partial charge on any atom is -0.326 e. The van der Waals surface area contributed by atoms with Crippen molar-refractivity contribution in [1.82, 2.24) is 9.55 Å². The van der Waals surface area contributed by atoms with E-state index in [4.69, 9.17) is 11.6 Å². The summed E-state index contributed by atoms with van der Waals surface area (Å²) in [5, 5.41) is -0.0886. The molecule has 3 heteroatoms. The minimum absolute atomic E-state index is 0.0886. The fourth-order valence-electron chi connectivity index (χ4n) is 2.76. The van der Waals surface area contributed by atoms with Gasteiger partial charge in [0, 0.05) is 6.54 Å². The van der Waals surface area contributed by atoms with E-state index in [1.54, 1.807) is 0 Å². The lowest BCUT2D eigenvalue weighted by Gasteiger charge is -2.11. The van der Waals surface area contributed by atoms with Crippen LogP contribution in [0.2, 0.25) is 0 Å². The number of nitrogens with zero attached hydrogens (tertiary/aromatic N) is 2. The summed E-state index contributed by atoms with van der Waals surface area (Å²) >= 11 is 6.31. The van der Waals surface area contributed by atoms with Gasteiger partial charge in [0.2, 0.25) is 0 Å². The van der Waals surface area contributed by atoms with E-state index in [0.29, 0.717) is 0 Å². The summed E-state index contributed by atoms with van der Waals surface area (Å²) in [5.74, 6) is 0.950. The monoisotopic (exact) mass is 298 g/mol. The predicted octanol–water partition coefficient (Wildman–Crippen LogP) is 4.89. The molecule has 0 saturated heterocycles. The molecule has 0 saturated carbocycles. The molecule has 0 spiro atoms. The van der Waals surface area contributed by atoms with Gasteiger partial charge < -0.3 is 4.57 Å². The van der Waals surface area contributed by atoms with Crippen LogP contribution in [0.1, 0.15) is 29.3 Å². The van der Waals surface area contributed by atoms with Gasteiger partial charge in [-0.2, -0.15) is 0 Å². The van der Waals surface area contributed by atoms with Crippen LogP contribution < -0.4 is 0 Å². The molecule has 2 nitrogen and oxygen atoms in total. The van der Waals surface area contributed by atoms with Gasteiger partial charge >= 0.3 is 0 Å². The molecule has 1 heterocycles. The Kier molecular flexibility index (Phi) is 3.98. The zero-order chi connectivity index (χ0) is 14.8. The second kappa shape index (κ2) is 5.90. The van der Waals surface area contributed by atoms with Gasteiger partial charge in [0.05, 0.1) is 16.4 Å². The Hall–Kier alpha value is -1.80. The normalized spacial score (nSPS) is 12.7. The molecule has 0 amide bonds. The average Bonchev–Trinajstić information content (AvgIpc) is 2.85. The zero-order valence-corrected chi connectivity index (χ0v) is 13.1. The Bertz CT molecular complexity index is 759. The molecule has 3 rings (SSSR count). The summed E-state index contributed by atoms with van der Waals surface area (Å²) in [5.41, 5.74) is 4.89. The molecule has 1 atom stereocenters. The van der Waals surface area contributed by atoms with E-state index in [0.717, 1.165) is 29.8 Å². The lowest BCUT2D eigenvalue weighted by Crippen LogP contribution is -2.07. The standard InChI is InChI=1S/C18H19ClN2/c1-13-7-3-4-8-15(13)11-12-21-17-10-6-5-9-16(17)20-18(21)14(2)19/h3-10,14H,11-12H2,1-2H3. The second-order valence-electron chi connectivity index (χ2n) is 5.40.